The maximum absolute atomic E-state index is 11.1. The van der Waals surface area contributed by atoms with E-state index in [1.165, 1.54) is 11.1 Å². The molecular formula is C16H21N5O. The SMILES string of the molecule is NC(=O)NNC1=C2CN3CCN(C2)CC1(c1ccccc1)C3. The van der Waals surface area contributed by atoms with Crippen molar-refractivity contribution in [3.63, 3.8) is 0 Å². The minimum absolute atomic E-state index is 0.119. The maximum atomic E-state index is 11.1. The molecule has 2 unspecified atom stereocenters. The van der Waals surface area contributed by atoms with Crippen LogP contribution in [0, 0.1) is 0 Å². The molecule has 4 heterocycles. The zero-order chi connectivity index (χ0) is 15.2. The molecule has 2 saturated heterocycles. The van der Waals surface area contributed by atoms with Crippen LogP contribution in [0.2, 0.25) is 0 Å². The summed E-state index contributed by atoms with van der Waals surface area (Å²) in [5, 5.41) is 0. The Bertz CT molecular complexity index is 609. The lowest BCUT2D eigenvalue weighted by Crippen LogP contribution is -2.60. The fourth-order valence-corrected chi connectivity index (χ4v) is 4.18. The molecule has 4 bridgehead atoms. The molecule has 0 aromatic heterocycles. The number of hydrazine groups is 1. The van der Waals surface area contributed by atoms with Crippen molar-refractivity contribution in [1.82, 2.24) is 20.7 Å². The van der Waals surface area contributed by atoms with E-state index in [4.69, 9.17) is 5.73 Å². The molecule has 4 N–H and O–H groups in total. The van der Waals surface area contributed by atoms with Gasteiger partial charge in [0.1, 0.15) is 0 Å². The zero-order valence-corrected chi connectivity index (χ0v) is 12.5. The summed E-state index contributed by atoms with van der Waals surface area (Å²) in [5.41, 5.74) is 14.6. The second kappa shape index (κ2) is 5.00. The van der Waals surface area contributed by atoms with Gasteiger partial charge in [0.05, 0.1) is 5.41 Å². The molecule has 4 aliphatic rings. The number of hydrogen-bond acceptors (Lipinski definition) is 4. The summed E-state index contributed by atoms with van der Waals surface area (Å²) in [5.74, 6) is 0. The van der Waals surface area contributed by atoms with Gasteiger partial charge in [0.15, 0.2) is 0 Å². The van der Waals surface area contributed by atoms with Crippen LogP contribution in [0.3, 0.4) is 0 Å². The summed E-state index contributed by atoms with van der Waals surface area (Å²) >= 11 is 0. The van der Waals surface area contributed by atoms with E-state index < -0.39 is 6.03 Å². The number of fused-ring (bicyclic) bond motifs is 1. The van der Waals surface area contributed by atoms with Gasteiger partial charge in [-0.15, -0.1) is 0 Å². The number of urea groups is 1. The van der Waals surface area contributed by atoms with Gasteiger partial charge >= 0.3 is 6.03 Å². The first-order chi connectivity index (χ1) is 10.7. The summed E-state index contributed by atoms with van der Waals surface area (Å²) in [7, 11) is 0. The zero-order valence-electron chi connectivity index (χ0n) is 12.5. The molecule has 2 fully saturated rings. The van der Waals surface area contributed by atoms with Crippen LogP contribution in [0.5, 0.6) is 0 Å². The molecule has 22 heavy (non-hydrogen) atoms. The van der Waals surface area contributed by atoms with Crippen LogP contribution >= 0.6 is 0 Å². The van der Waals surface area contributed by atoms with Crippen LogP contribution in [0.25, 0.3) is 0 Å². The number of rotatable bonds is 3. The van der Waals surface area contributed by atoms with Crippen LogP contribution in [-0.4, -0.2) is 55.1 Å². The number of carbonyl (C=O) groups excluding carboxylic acids is 1. The molecule has 0 saturated carbocycles. The van der Waals surface area contributed by atoms with Crippen LogP contribution < -0.4 is 16.6 Å². The van der Waals surface area contributed by atoms with Gasteiger partial charge < -0.3 is 11.2 Å². The number of nitrogens with zero attached hydrogens (tertiary/aromatic N) is 2. The predicted octanol–water partition coefficient (Wildman–Crippen LogP) is -0.00380. The van der Waals surface area contributed by atoms with Crippen molar-refractivity contribution in [1.29, 1.82) is 0 Å². The Morgan fingerprint density at radius 1 is 1.09 bits per heavy atom. The molecule has 1 aromatic rings. The van der Waals surface area contributed by atoms with Gasteiger partial charge in [-0.2, -0.15) is 0 Å². The summed E-state index contributed by atoms with van der Waals surface area (Å²) in [6.45, 7) is 6.09. The second-order valence-electron chi connectivity index (χ2n) is 6.46. The molecule has 6 heteroatoms. The van der Waals surface area contributed by atoms with Crippen LogP contribution in [-0.2, 0) is 5.41 Å². The van der Waals surface area contributed by atoms with Crippen LogP contribution in [0.4, 0.5) is 4.79 Å². The molecule has 5 rings (SSSR count). The summed E-state index contributed by atoms with van der Waals surface area (Å²) < 4.78 is 0. The van der Waals surface area contributed by atoms with Crippen molar-refractivity contribution in [3.8, 4) is 0 Å². The maximum Gasteiger partial charge on any atom is 0.330 e. The van der Waals surface area contributed by atoms with Crippen molar-refractivity contribution in [2.45, 2.75) is 5.41 Å². The smallest absolute Gasteiger partial charge is 0.330 e. The minimum atomic E-state index is -0.552. The lowest BCUT2D eigenvalue weighted by molar-refractivity contribution is 0.191. The number of primary amides is 1. The van der Waals surface area contributed by atoms with E-state index >= 15 is 0 Å². The number of nitrogens with one attached hydrogen (secondary N) is 2. The molecule has 1 aromatic carbocycles. The Hall–Kier alpha value is -2.05. The standard InChI is InChI=1S/C16H21N5O/c17-15(22)19-18-14-12-8-20-6-7-21(9-12)11-16(14,10-20)13-4-2-1-3-5-13/h1-5,18H,6-11H2,(H3,17,19,22). The topological polar surface area (TPSA) is 73.6 Å². The van der Waals surface area contributed by atoms with Gasteiger partial charge in [-0.25, -0.2) is 4.79 Å². The Morgan fingerprint density at radius 3 is 2.32 bits per heavy atom. The van der Waals surface area contributed by atoms with Crippen LogP contribution in [0.15, 0.2) is 41.6 Å². The highest BCUT2D eigenvalue weighted by atomic mass is 16.2. The molecule has 6 nitrogen and oxygen atoms in total. The third-order valence-corrected chi connectivity index (χ3v) is 5.02. The van der Waals surface area contributed by atoms with Crippen LogP contribution in [0.1, 0.15) is 5.56 Å². The Kier molecular flexibility index (Phi) is 3.09. The Morgan fingerprint density at radius 2 is 1.73 bits per heavy atom. The normalized spacial score (nSPS) is 32.7. The highest BCUT2D eigenvalue weighted by molar-refractivity contribution is 5.71. The third kappa shape index (κ3) is 2.07. The van der Waals surface area contributed by atoms with Gasteiger partial charge in [0, 0.05) is 45.0 Å². The van der Waals surface area contributed by atoms with Crippen molar-refractivity contribution < 1.29 is 4.79 Å². The van der Waals surface area contributed by atoms with E-state index in [0.717, 1.165) is 45.0 Å². The first-order valence-corrected chi connectivity index (χ1v) is 7.72. The fourth-order valence-electron chi connectivity index (χ4n) is 4.18. The van der Waals surface area contributed by atoms with Crippen molar-refractivity contribution in [2.75, 3.05) is 39.3 Å². The molecule has 2 amide bonds. The van der Waals surface area contributed by atoms with Gasteiger partial charge in [-0.1, -0.05) is 30.3 Å². The Labute approximate surface area is 129 Å². The first kappa shape index (κ1) is 13.6. The molecular weight excluding hydrogens is 278 g/mol. The molecule has 0 spiro atoms. The summed E-state index contributed by atoms with van der Waals surface area (Å²) in [6.07, 6.45) is 0. The van der Waals surface area contributed by atoms with Gasteiger partial charge in [-0.3, -0.25) is 15.2 Å². The highest BCUT2D eigenvalue weighted by Crippen LogP contribution is 2.42. The summed E-state index contributed by atoms with van der Waals surface area (Å²) in [6, 6.07) is 10.0. The third-order valence-electron chi connectivity index (χ3n) is 5.02. The lowest BCUT2D eigenvalue weighted by atomic mass is 9.71. The average Bonchev–Trinajstić information content (AvgIpc) is 2.75. The predicted molar refractivity (Wildman–Crippen MR) is 83.9 cm³/mol. The molecule has 2 atom stereocenters. The minimum Gasteiger partial charge on any atom is -0.350 e. The van der Waals surface area contributed by atoms with E-state index in [1.807, 2.05) is 6.07 Å². The van der Waals surface area contributed by atoms with E-state index in [2.05, 4.69) is 44.9 Å². The van der Waals surface area contributed by atoms with Crippen molar-refractivity contribution in [3.05, 3.63) is 47.2 Å². The number of carbonyl (C=O) groups is 1. The van der Waals surface area contributed by atoms with E-state index in [-0.39, 0.29) is 5.41 Å². The Balaban J connectivity index is 1.82. The average molecular weight is 299 g/mol. The number of hydrogen-bond donors (Lipinski definition) is 3. The number of amides is 2. The van der Waals surface area contributed by atoms with Gasteiger partial charge in [0.2, 0.25) is 0 Å². The fraction of sp³-hybridized carbons (Fsp3) is 0.438. The highest BCUT2D eigenvalue weighted by Gasteiger charge is 2.49. The quantitative estimate of drug-likeness (QED) is 0.687. The molecule has 0 radical (unpaired) electrons. The summed E-state index contributed by atoms with van der Waals surface area (Å²) in [4.78, 5) is 16.2. The number of nitrogens with two attached hydrogens (primary N) is 1. The second-order valence-corrected chi connectivity index (χ2v) is 6.46. The van der Waals surface area contributed by atoms with Crippen molar-refractivity contribution in [2.24, 2.45) is 5.73 Å². The van der Waals surface area contributed by atoms with Crippen molar-refractivity contribution >= 4 is 6.03 Å². The first-order valence-electron chi connectivity index (χ1n) is 7.72. The molecule has 116 valence electrons. The van der Waals surface area contributed by atoms with Gasteiger partial charge in [0.25, 0.3) is 0 Å². The largest absolute Gasteiger partial charge is 0.350 e. The van der Waals surface area contributed by atoms with Gasteiger partial charge in [-0.05, 0) is 11.1 Å². The van der Waals surface area contributed by atoms with E-state index in [0.29, 0.717) is 0 Å². The van der Waals surface area contributed by atoms with E-state index in [1.54, 1.807) is 0 Å². The molecule has 4 aliphatic heterocycles. The lowest BCUT2D eigenvalue weighted by Gasteiger charge is -2.48. The molecule has 0 aliphatic carbocycles. The number of benzene rings is 1. The van der Waals surface area contributed by atoms with E-state index in [9.17, 15) is 4.79 Å². The monoisotopic (exact) mass is 299 g/mol.